The molecule has 6 nitrogen and oxygen atoms in total. The number of nitrogens with one attached hydrogen (secondary N) is 1. The van der Waals surface area contributed by atoms with Gasteiger partial charge in [-0.05, 0) is 56.5 Å². The lowest BCUT2D eigenvalue weighted by molar-refractivity contribution is -0.121. The van der Waals surface area contributed by atoms with E-state index in [0.717, 1.165) is 49.2 Å². The van der Waals surface area contributed by atoms with Crippen LogP contribution in [0.2, 0.25) is 0 Å². The standard InChI is InChI=1S/C24H28N4O2/c1-3-18-9-5-7-11-21(18)25-24(29)19-12-14-28(15-13-19)16-22-26-23(27-30-22)20-10-6-4-8-17(20)2/h4-11,19H,3,12-16H2,1-2H3,(H,25,29). The largest absolute Gasteiger partial charge is 0.338 e. The zero-order valence-electron chi connectivity index (χ0n) is 17.6. The number of carbonyl (C=O) groups excluding carboxylic acids is 1. The van der Waals surface area contributed by atoms with Gasteiger partial charge in [0.15, 0.2) is 0 Å². The van der Waals surface area contributed by atoms with Crippen molar-refractivity contribution < 1.29 is 9.32 Å². The number of aryl methyl sites for hydroxylation is 2. The van der Waals surface area contributed by atoms with Crippen LogP contribution >= 0.6 is 0 Å². The molecule has 1 N–H and O–H groups in total. The van der Waals surface area contributed by atoms with Gasteiger partial charge in [-0.25, -0.2) is 0 Å². The molecular weight excluding hydrogens is 376 g/mol. The van der Waals surface area contributed by atoms with Crippen molar-refractivity contribution in [2.75, 3.05) is 18.4 Å². The Morgan fingerprint density at radius 1 is 1.13 bits per heavy atom. The average molecular weight is 405 g/mol. The smallest absolute Gasteiger partial charge is 0.241 e. The molecular formula is C24H28N4O2. The Bertz CT molecular complexity index is 1010. The fraction of sp³-hybridized carbons (Fsp3) is 0.375. The first-order chi connectivity index (χ1) is 14.6. The highest BCUT2D eigenvalue weighted by molar-refractivity contribution is 5.93. The minimum atomic E-state index is 0.0383. The van der Waals surface area contributed by atoms with Gasteiger partial charge in [0.1, 0.15) is 0 Å². The van der Waals surface area contributed by atoms with Gasteiger partial charge in [-0.15, -0.1) is 0 Å². The first-order valence-corrected chi connectivity index (χ1v) is 10.6. The average Bonchev–Trinajstić information content (AvgIpc) is 3.23. The van der Waals surface area contributed by atoms with E-state index in [1.54, 1.807) is 0 Å². The van der Waals surface area contributed by atoms with Crippen LogP contribution in [0.25, 0.3) is 11.4 Å². The van der Waals surface area contributed by atoms with E-state index in [1.807, 2.05) is 49.4 Å². The van der Waals surface area contributed by atoms with Gasteiger partial charge in [-0.3, -0.25) is 9.69 Å². The number of anilines is 1. The van der Waals surface area contributed by atoms with Crippen molar-refractivity contribution in [3.8, 4) is 11.4 Å². The number of hydrogen-bond acceptors (Lipinski definition) is 5. The van der Waals surface area contributed by atoms with Gasteiger partial charge >= 0.3 is 0 Å². The molecule has 1 aromatic heterocycles. The molecule has 0 bridgehead atoms. The highest BCUT2D eigenvalue weighted by Gasteiger charge is 2.26. The van der Waals surface area contributed by atoms with Crippen LogP contribution in [0.3, 0.4) is 0 Å². The zero-order valence-corrected chi connectivity index (χ0v) is 17.6. The molecule has 0 aliphatic carbocycles. The number of piperidine rings is 1. The van der Waals surface area contributed by atoms with Crippen molar-refractivity contribution in [3.05, 3.63) is 65.5 Å². The summed E-state index contributed by atoms with van der Waals surface area (Å²) in [7, 11) is 0. The predicted octanol–water partition coefficient (Wildman–Crippen LogP) is 4.46. The number of para-hydroxylation sites is 1. The van der Waals surface area contributed by atoms with Crippen molar-refractivity contribution in [2.24, 2.45) is 5.92 Å². The summed E-state index contributed by atoms with van der Waals surface area (Å²) in [5.74, 6) is 1.41. The van der Waals surface area contributed by atoms with E-state index >= 15 is 0 Å². The SMILES string of the molecule is CCc1ccccc1NC(=O)C1CCN(Cc2nc(-c3ccccc3C)no2)CC1. The van der Waals surface area contributed by atoms with Crippen molar-refractivity contribution >= 4 is 11.6 Å². The summed E-state index contributed by atoms with van der Waals surface area (Å²) in [5, 5.41) is 7.27. The number of aromatic nitrogens is 2. The van der Waals surface area contributed by atoms with Gasteiger partial charge in [0.05, 0.1) is 6.54 Å². The van der Waals surface area contributed by atoms with E-state index in [2.05, 4.69) is 33.3 Å². The van der Waals surface area contributed by atoms with Crippen molar-refractivity contribution in [2.45, 2.75) is 39.7 Å². The molecule has 1 amide bonds. The molecule has 1 aliphatic heterocycles. The predicted molar refractivity (Wildman–Crippen MR) is 117 cm³/mol. The lowest BCUT2D eigenvalue weighted by Gasteiger charge is -2.30. The van der Waals surface area contributed by atoms with Gasteiger partial charge in [-0.1, -0.05) is 54.5 Å². The molecule has 6 heteroatoms. The summed E-state index contributed by atoms with van der Waals surface area (Å²) < 4.78 is 5.47. The maximum absolute atomic E-state index is 12.7. The molecule has 0 radical (unpaired) electrons. The second-order valence-electron chi connectivity index (χ2n) is 7.88. The molecule has 0 unspecified atom stereocenters. The molecule has 0 atom stereocenters. The minimum Gasteiger partial charge on any atom is -0.338 e. The van der Waals surface area contributed by atoms with Gasteiger partial charge in [0.25, 0.3) is 0 Å². The number of nitrogens with zero attached hydrogens (tertiary/aromatic N) is 3. The Morgan fingerprint density at radius 3 is 2.63 bits per heavy atom. The third-order valence-electron chi connectivity index (χ3n) is 5.83. The van der Waals surface area contributed by atoms with Crippen LogP contribution in [0.15, 0.2) is 53.1 Å². The third kappa shape index (κ3) is 4.60. The van der Waals surface area contributed by atoms with E-state index in [1.165, 1.54) is 5.56 Å². The van der Waals surface area contributed by atoms with Crippen LogP contribution in [0, 0.1) is 12.8 Å². The summed E-state index contributed by atoms with van der Waals surface area (Å²) in [6.07, 6.45) is 2.57. The van der Waals surface area contributed by atoms with Crippen LogP contribution in [-0.2, 0) is 17.8 Å². The van der Waals surface area contributed by atoms with Crippen molar-refractivity contribution in [1.29, 1.82) is 0 Å². The third-order valence-corrected chi connectivity index (χ3v) is 5.83. The number of carbonyl (C=O) groups is 1. The van der Waals surface area contributed by atoms with Crippen LogP contribution in [0.1, 0.15) is 36.8 Å². The van der Waals surface area contributed by atoms with Crippen molar-refractivity contribution in [3.63, 3.8) is 0 Å². The molecule has 156 valence electrons. The first kappa shape index (κ1) is 20.3. The Kier molecular flexibility index (Phi) is 6.23. The van der Waals surface area contributed by atoms with Crippen molar-refractivity contribution in [1.82, 2.24) is 15.0 Å². The highest BCUT2D eigenvalue weighted by Crippen LogP contribution is 2.24. The lowest BCUT2D eigenvalue weighted by Crippen LogP contribution is -2.37. The molecule has 3 aromatic rings. The van der Waals surface area contributed by atoms with E-state index in [9.17, 15) is 4.79 Å². The van der Waals surface area contributed by atoms with Gasteiger partial charge in [-0.2, -0.15) is 4.98 Å². The minimum absolute atomic E-state index is 0.0383. The highest BCUT2D eigenvalue weighted by atomic mass is 16.5. The monoisotopic (exact) mass is 404 g/mol. The molecule has 1 aliphatic rings. The Labute approximate surface area is 177 Å². The number of benzene rings is 2. The van der Waals surface area contributed by atoms with Crippen LogP contribution < -0.4 is 5.32 Å². The van der Waals surface area contributed by atoms with Crippen LogP contribution in [-0.4, -0.2) is 34.0 Å². The Morgan fingerprint density at radius 2 is 1.87 bits per heavy atom. The second kappa shape index (κ2) is 9.22. The van der Waals surface area contributed by atoms with E-state index in [-0.39, 0.29) is 11.8 Å². The summed E-state index contributed by atoms with van der Waals surface area (Å²) in [6.45, 7) is 6.45. The Hall–Kier alpha value is -2.99. The topological polar surface area (TPSA) is 71.3 Å². The zero-order chi connectivity index (χ0) is 20.9. The molecule has 4 rings (SSSR count). The fourth-order valence-corrected chi connectivity index (χ4v) is 3.98. The number of amides is 1. The van der Waals surface area contributed by atoms with E-state index in [4.69, 9.17) is 4.52 Å². The normalized spacial score (nSPS) is 15.3. The molecule has 1 saturated heterocycles. The molecule has 2 heterocycles. The fourth-order valence-electron chi connectivity index (χ4n) is 3.98. The van der Waals surface area contributed by atoms with Gasteiger partial charge in [0, 0.05) is 17.2 Å². The van der Waals surface area contributed by atoms with Crippen LogP contribution in [0.5, 0.6) is 0 Å². The molecule has 0 saturated carbocycles. The summed E-state index contributed by atoms with van der Waals surface area (Å²) in [4.78, 5) is 19.6. The maximum atomic E-state index is 12.7. The number of hydrogen-bond donors (Lipinski definition) is 1. The summed E-state index contributed by atoms with van der Waals surface area (Å²) in [6, 6.07) is 16.0. The summed E-state index contributed by atoms with van der Waals surface area (Å²) in [5.41, 5.74) is 4.22. The number of rotatable bonds is 6. The molecule has 30 heavy (non-hydrogen) atoms. The molecule has 1 fully saturated rings. The van der Waals surface area contributed by atoms with E-state index in [0.29, 0.717) is 18.3 Å². The van der Waals surface area contributed by atoms with Gasteiger partial charge in [0.2, 0.25) is 17.6 Å². The van der Waals surface area contributed by atoms with Crippen LogP contribution in [0.4, 0.5) is 5.69 Å². The lowest BCUT2D eigenvalue weighted by atomic mass is 9.95. The quantitative estimate of drug-likeness (QED) is 0.657. The van der Waals surface area contributed by atoms with Gasteiger partial charge < -0.3 is 9.84 Å². The Balaban J connectivity index is 1.31. The molecule has 0 spiro atoms. The van der Waals surface area contributed by atoms with E-state index < -0.39 is 0 Å². The first-order valence-electron chi connectivity index (χ1n) is 10.6. The second-order valence-corrected chi connectivity index (χ2v) is 7.88. The number of likely N-dealkylation sites (tertiary alicyclic amines) is 1. The summed E-state index contributed by atoms with van der Waals surface area (Å²) >= 11 is 0. The maximum Gasteiger partial charge on any atom is 0.241 e. The molecule has 2 aromatic carbocycles.